The molecule has 1 atom stereocenters. The molecule has 94 valence electrons. The van der Waals surface area contributed by atoms with Crippen LogP contribution in [0, 0.1) is 0 Å². The van der Waals surface area contributed by atoms with Gasteiger partial charge in [0.2, 0.25) is 0 Å². The van der Waals surface area contributed by atoms with E-state index in [-0.39, 0.29) is 11.1 Å². The van der Waals surface area contributed by atoms with Crippen LogP contribution in [0.5, 0.6) is 0 Å². The minimum Gasteiger partial charge on any atom is -0.379 e. The Morgan fingerprint density at radius 2 is 1.69 bits per heavy atom. The molecule has 2 aliphatic heterocycles. The number of rotatable bonds is 1. The standard InChI is InChI=1S/C12H24N2O2/c1-11(2)9-10(12(3,4)14(11)15)13-5-7-16-8-6-13/h10,15H,5-9H2,1-4H3. The van der Waals surface area contributed by atoms with Crippen LogP contribution in [0.2, 0.25) is 0 Å². The monoisotopic (exact) mass is 228 g/mol. The quantitative estimate of drug-likeness (QED) is 0.734. The van der Waals surface area contributed by atoms with Crippen molar-refractivity contribution in [3.63, 3.8) is 0 Å². The predicted molar refractivity (Wildman–Crippen MR) is 62.6 cm³/mol. The van der Waals surface area contributed by atoms with Gasteiger partial charge in [-0.15, -0.1) is 0 Å². The Labute approximate surface area is 98.1 Å². The Bertz CT molecular complexity index is 260. The van der Waals surface area contributed by atoms with Crippen LogP contribution in [-0.2, 0) is 4.74 Å². The summed E-state index contributed by atoms with van der Waals surface area (Å²) in [5, 5.41) is 11.8. The van der Waals surface area contributed by atoms with E-state index in [0.29, 0.717) is 6.04 Å². The van der Waals surface area contributed by atoms with Crippen LogP contribution in [0.1, 0.15) is 34.1 Å². The summed E-state index contributed by atoms with van der Waals surface area (Å²) in [4.78, 5) is 2.46. The van der Waals surface area contributed by atoms with Crippen LogP contribution in [-0.4, -0.2) is 58.6 Å². The Morgan fingerprint density at radius 1 is 1.12 bits per heavy atom. The molecule has 2 rings (SSSR count). The molecule has 0 amide bonds. The molecule has 1 N–H and O–H groups in total. The Kier molecular flexibility index (Phi) is 3.03. The topological polar surface area (TPSA) is 35.9 Å². The molecule has 0 bridgehead atoms. The van der Waals surface area contributed by atoms with Gasteiger partial charge in [0.25, 0.3) is 0 Å². The third-order valence-electron chi connectivity index (χ3n) is 4.11. The Hall–Kier alpha value is -0.160. The second-order valence-electron chi connectivity index (χ2n) is 6.15. The number of morpholine rings is 1. The SMILES string of the molecule is CC1(C)CC(N2CCOCC2)C(C)(C)N1O. The van der Waals surface area contributed by atoms with E-state index in [1.165, 1.54) is 0 Å². The first-order valence-electron chi connectivity index (χ1n) is 6.17. The molecule has 1 unspecified atom stereocenters. The van der Waals surface area contributed by atoms with Gasteiger partial charge in [-0.05, 0) is 34.1 Å². The highest BCUT2D eigenvalue weighted by atomic mass is 16.5. The smallest absolute Gasteiger partial charge is 0.0594 e. The summed E-state index contributed by atoms with van der Waals surface area (Å²) in [6.45, 7) is 12.1. The van der Waals surface area contributed by atoms with Gasteiger partial charge in [-0.1, -0.05) is 0 Å². The van der Waals surface area contributed by atoms with E-state index in [0.717, 1.165) is 32.7 Å². The van der Waals surface area contributed by atoms with Crippen LogP contribution in [0.3, 0.4) is 0 Å². The fraction of sp³-hybridized carbons (Fsp3) is 1.00. The van der Waals surface area contributed by atoms with Gasteiger partial charge in [0, 0.05) is 24.7 Å². The van der Waals surface area contributed by atoms with E-state index < -0.39 is 0 Å². The molecule has 16 heavy (non-hydrogen) atoms. The van der Waals surface area contributed by atoms with Crippen molar-refractivity contribution in [2.75, 3.05) is 26.3 Å². The van der Waals surface area contributed by atoms with E-state index in [9.17, 15) is 5.21 Å². The third kappa shape index (κ3) is 1.88. The molecule has 0 radical (unpaired) electrons. The van der Waals surface area contributed by atoms with Gasteiger partial charge in [-0.25, -0.2) is 0 Å². The Balaban J connectivity index is 2.15. The van der Waals surface area contributed by atoms with Gasteiger partial charge in [0.1, 0.15) is 0 Å². The van der Waals surface area contributed by atoms with Crippen molar-refractivity contribution in [1.29, 1.82) is 0 Å². The summed E-state index contributed by atoms with van der Waals surface area (Å²) in [5.41, 5.74) is -0.312. The molecule has 0 aromatic carbocycles. The Morgan fingerprint density at radius 3 is 2.12 bits per heavy atom. The molecule has 2 aliphatic rings. The maximum absolute atomic E-state index is 10.3. The predicted octanol–water partition coefficient (Wildman–Crippen LogP) is 1.34. The fourth-order valence-corrected chi connectivity index (χ4v) is 3.20. The first-order chi connectivity index (χ1) is 7.36. The summed E-state index contributed by atoms with van der Waals surface area (Å²) in [5.74, 6) is 0. The first-order valence-corrected chi connectivity index (χ1v) is 6.17. The first kappa shape index (κ1) is 12.3. The van der Waals surface area contributed by atoms with E-state index >= 15 is 0 Å². The van der Waals surface area contributed by atoms with Crippen molar-refractivity contribution in [1.82, 2.24) is 9.96 Å². The van der Waals surface area contributed by atoms with Crippen LogP contribution in [0.15, 0.2) is 0 Å². The number of hydrogen-bond donors (Lipinski definition) is 1. The van der Waals surface area contributed by atoms with Crippen molar-refractivity contribution < 1.29 is 9.94 Å². The summed E-state index contributed by atoms with van der Waals surface area (Å²) >= 11 is 0. The average molecular weight is 228 g/mol. The van der Waals surface area contributed by atoms with Gasteiger partial charge in [-0.2, -0.15) is 5.06 Å². The van der Waals surface area contributed by atoms with Crippen molar-refractivity contribution in [2.45, 2.75) is 51.2 Å². The average Bonchev–Trinajstić information content (AvgIpc) is 2.40. The maximum atomic E-state index is 10.3. The van der Waals surface area contributed by atoms with E-state index in [1.807, 2.05) is 0 Å². The molecular formula is C12H24N2O2. The van der Waals surface area contributed by atoms with Gasteiger partial charge in [0.05, 0.1) is 18.8 Å². The molecule has 4 nitrogen and oxygen atoms in total. The van der Waals surface area contributed by atoms with Gasteiger partial charge in [-0.3, -0.25) is 4.90 Å². The molecule has 0 aliphatic carbocycles. The van der Waals surface area contributed by atoms with Gasteiger partial charge in [0.15, 0.2) is 0 Å². The molecular weight excluding hydrogens is 204 g/mol. The van der Waals surface area contributed by atoms with E-state index in [1.54, 1.807) is 5.06 Å². The summed E-state index contributed by atoms with van der Waals surface area (Å²) in [6, 6.07) is 0.413. The minimum absolute atomic E-state index is 0.132. The number of ether oxygens (including phenoxy) is 1. The van der Waals surface area contributed by atoms with Crippen molar-refractivity contribution >= 4 is 0 Å². The number of nitrogens with zero attached hydrogens (tertiary/aromatic N) is 2. The zero-order valence-corrected chi connectivity index (χ0v) is 10.9. The largest absolute Gasteiger partial charge is 0.379 e. The minimum atomic E-state index is -0.180. The second kappa shape index (κ2) is 3.95. The molecule has 4 heteroatoms. The molecule has 0 aromatic rings. The lowest BCUT2D eigenvalue weighted by atomic mass is 9.92. The zero-order valence-electron chi connectivity index (χ0n) is 10.9. The highest BCUT2D eigenvalue weighted by Gasteiger charge is 2.53. The second-order valence-corrected chi connectivity index (χ2v) is 6.15. The van der Waals surface area contributed by atoms with E-state index in [4.69, 9.17) is 4.74 Å². The van der Waals surface area contributed by atoms with Crippen molar-refractivity contribution in [3.05, 3.63) is 0 Å². The molecule has 0 saturated carbocycles. The summed E-state index contributed by atoms with van der Waals surface area (Å²) in [7, 11) is 0. The lowest BCUT2D eigenvalue weighted by Crippen LogP contribution is -2.55. The molecule has 2 fully saturated rings. The van der Waals surface area contributed by atoms with Crippen LogP contribution >= 0.6 is 0 Å². The number of hydrogen-bond acceptors (Lipinski definition) is 4. The summed E-state index contributed by atoms with van der Waals surface area (Å²) in [6.07, 6.45) is 1.01. The van der Waals surface area contributed by atoms with Crippen LogP contribution in [0.4, 0.5) is 0 Å². The van der Waals surface area contributed by atoms with Crippen molar-refractivity contribution in [3.8, 4) is 0 Å². The lowest BCUT2D eigenvalue weighted by molar-refractivity contribution is -0.199. The normalized spacial score (nSPS) is 35.4. The fourth-order valence-electron chi connectivity index (χ4n) is 3.20. The number of hydroxylamine groups is 2. The molecule has 2 saturated heterocycles. The lowest BCUT2D eigenvalue weighted by Gasteiger charge is -2.41. The molecule has 2 heterocycles. The van der Waals surface area contributed by atoms with Crippen LogP contribution in [0.25, 0.3) is 0 Å². The zero-order chi connectivity index (χ0) is 12.0. The van der Waals surface area contributed by atoms with E-state index in [2.05, 4.69) is 32.6 Å². The third-order valence-corrected chi connectivity index (χ3v) is 4.11. The molecule has 0 aromatic heterocycles. The highest BCUT2D eigenvalue weighted by molar-refractivity contribution is 5.06. The van der Waals surface area contributed by atoms with Crippen molar-refractivity contribution in [2.24, 2.45) is 0 Å². The summed E-state index contributed by atoms with van der Waals surface area (Å²) < 4.78 is 5.39. The maximum Gasteiger partial charge on any atom is 0.0594 e. The highest BCUT2D eigenvalue weighted by Crippen LogP contribution is 2.41. The van der Waals surface area contributed by atoms with Crippen LogP contribution < -0.4 is 0 Å². The van der Waals surface area contributed by atoms with Gasteiger partial charge >= 0.3 is 0 Å². The van der Waals surface area contributed by atoms with Gasteiger partial charge < -0.3 is 9.94 Å². The molecule has 0 spiro atoms.